The number of rotatable bonds is 36. The summed E-state index contributed by atoms with van der Waals surface area (Å²) in [7, 11) is 0. The van der Waals surface area contributed by atoms with Gasteiger partial charge in [-0.05, 0) is 38.5 Å². The van der Waals surface area contributed by atoms with Gasteiger partial charge < -0.3 is 39.4 Å². The molecule has 0 aromatic rings. The van der Waals surface area contributed by atoms with Gasteiger partial charge in [-0.25, -0.2) is 0 Å². The molecule has 0 aliphatic carbocycles. The van der Waals surface area contributed by atoms with Gasteiger partial charge in [0.2, 0.25) is 0 Å². The second-order valence-electron chi connectivity index (χ2n) is 15.2. The molecule has 0 unspecified atom stereocenters. The van der Waals surface area contributed by atoms with Gasteiger partial charge >= 0.3 is 11.9 Å². The van der Waals surface area contributed by atoms with Crippen LogP contribution in [0, 0.1) is 0 Å². The van der Waals surface area contributed by atoms with Crippen LogP contribution in [0.25, 0.3) is 0 Å². The SMILES string of the molecule is CCCCCCCC/C=C\CCCCCCCC(=O)OC[C@@H](CO[C@@H]1O[C@H](CO)[C@H](O)[C@H](O)[C@H]1O)OC(=O)CCCCCCCCCCCCCCC. The standard InChI is InChI=1S/C43H80O10/c1-3-5-7-9-11-13-15-17-18-20-21-23-25-27-29-31-38(45)50-34-36(35-51-43-42(49)41(48)40(47)37(33-44)53-43)52-39(46)32-30-28-26-24-22-19-16-14-12-10-8-6-4-2/h17-18,36-37,40-44,47-49H,3-16,19-35H2,1-2H3/b18-17-/t36-,37+,40-,41-,42+,43+/m0/s1. The molecule has 0 saturated carbocycles. The Kier molecular flexibility index (Phi) is 32.6. The van der Waals surface area contributed by atoms with Crippen molar-refractivity contribution < 1.29 is 49.0 Å². The molecule has 4 N–H and O–H groups in total. The number of hydrogen-bond acceptors (Lipinski definition) is 10. The zero-order chi connectivity index (χ0) is 38.8. The van der Waals surface area contributed by atoms with Crippen LogP contribution in [0.2, 0.25) is 0 Å². The topological polar surface area (TPSA) is 152 Å². The molecule has 1 rings (SSSR count). The summed E-state index contributed by atoms with van der Waals surface area (Å²) in [5.41, 5.74) is 0. The van der Waals surface area contributed by atoms with E-state index in [0.717, 1.165) is 57.8 Å². The van der Waals surface area contributed by atoms with Crippen molar-refractivity contribution in [3.63, 3.8) is 0 Å². The molecule has 1 saturated heterocycles. The fourth-order valence-corrected chi connectivity index (χ4v) is 6.65. The first-order chi connectivity index (χ1) is 25.8. The van der Waals surface area contributed by atoms with Gasteiger partial charge in [-0.15, -0.1) is 0 Å². The Morgan fingerprint density at radius 2 is 1.00 bits per heavy atom. The summed E-state index contributed by atoms with van der Waals surface area (Å²) in [4.78, 5) is 25.3. The third kappa shape index (κ3) is 26.8. The lowest BCUT2D eigenvalue weighted by molar-refractivity contribution is -0.305. The fourth-order valence-electron chi connectivity index (χ4n) is 6.65. The number of ether oxygens (including phenoxy) is 4. The first kappa shape index (κ1) is 49.5. The first-order valence-electron chi connectivity index (χ1n) is 21.8. The van der Waals surface area contributed by atoms with E-state index in [1.807, 2.05) is 0 Å². The Morgan fingerprint density at radius 3 is 1.47 bits per heavy atom. The summed E-state index contributed by atoms with van der Waals surface area (Å²) in [5.74, 6) is -0.809. The van der Waals surface area contributed by atoms with Crippen LogP contribution < -0.4 is 0 Å². The van der Waals surface area contributed by atoms with Gasteiger partial charge in [-0.1, -0.05) is 154 Å². The predicted molar refractivity (Wildman–Crippen MR) is 210 cm³/mol. The molecule has 312 valence electrons. The van der Waals surface area contributed by atoms with E-state index in [2.05, 4.69) is 26.0 Å². The molecule has 6 atom stereocenters. The maximum Gasteiger partial charge on any atom is 0.306 e. The van der Waals surface area contributed by atoms with Gasteiger partial charge in [-0.2, -0.15) is 0 Å². The molecule has 1 aliphatic rings. The van der Waals surface area contributed by atoms with Crippen molar-refractivity contribution in [3.8, 4) is 0 Å². The lowest BCUT2D eigenvalue weighted by Crippen LogP contribution is -2.59. The Morgan fingerprint density at radius 1 is 0.566 bits per heavy atom. The van der Waals surface area contributed by atoms with Gasteiger partial charge in [0.25, 0.3) is 0 Å². The molecule has 10 heteroatoms. The van der Waals surface area contributed by atoms with Gasteiger partial charge in [-0.3, -0.25) is 9.59 Å². The molecule has 0 radical (unpaired) electrons. The van der Waals surface area contributed by atoms with Crippen LogP contribution in [0.15, 0.2) is 12.2 Å². The molecule has 0 bridgehead atoms. The Balaban J connectivity index is 2.34. The van der Waals surface area contributed by atoms with Crippen molar-refractivity contribution >= 4 is 11.9 Å². The van der Waals surface area contributed by atoms with Gasteiger partial charge in [0.15, 0.2) is 12.4 Å². The predicted octanol–water partition coefficient (Wildman–Crippen LogP) is 8.78. The Hall–Kier alpha value is -1.56. The van der Waals surface area contributed by atoms with E-state index >= 15 is 0 Å². The van der Waals surface area contributed by atoms with Crippen LogP contribution >= 0.6 is 0 Å². The van der Waals surface area contributed by atoms with Gasteiger partial charge in [0.1, 0.15) is 31.0 Å². The normalized spacial score (nSPS) is 20.9. The molecule has 1 aliphatic heterocycles. The quantitative estimate of drug-likeness (QED) is 0.0277. The minimum absolute atomic E-state index is 0.217. The fraction of sp³-hybridized carbons (Fsp3) is 0.907. The van der Waals surface area contributed by atoms with Crippen LogP contribution in [0.5, 0.6) is 0 Å². The molecule has 0 aromatic carbocycles. The largest absolute Gasteiger partial charge is 0.462 e. The van der Waals surface area contributed by atoms with Crippen LogP contribution in [-0.2, 0) is 28.5 Å². The number of aliphatic hydroxyl groups excluding tert-OH is 4. The van der Waals surface area contributed by atoms with E-state index in [9.17, 15) is 30.0 Å². The van der Waals surface area contributed by atoms with E-state index in [-0.39, 0.29) is 32.0 Å². The minimum atomic E-state index is -1.59. The average Bonchev–Trinajstić information content (AvgIpc) is 3.15. The van der Waals surface area contributed by atoms with Crippen LogP contribution in [-0.4, -0.2) is 89.0 Å². The molecule has 0 amide bonds. The summed E-state index contributed by atoms with van der Waals surface area (Å²) < 4.78 is 22.1. The zero-order valence-corrected chi connectivity index (χ0v) is 33.8. The van der Waals surface area contributed by atoms with Crippen molar-refractivity contribution in [2.45, 2.75) is 230 Å². The summed E-state index contributed by atoms with van der Waals surface area (Å²) in [6, 6.07) is 0. The summed E-state index contributed by atoms with van der Waals surface area (Å²) >= 11 is 0. The number of esters is 2. The highest BCUT2D eigenvalue weighted by molar-refractivity contribution is 5.70. The number of allylic oxidation sites excluding steroid dienone is 2. The van der Waals surface area contributed by atoms with Crippen molar-refractivity contribution in [2.24, 2.45) is 0 Å². The maximum atomic E-state index is 12.7. The number of unbranched alkanes of at least 4 members (excludes halogenated alkanes) is 23. The van der Waals surface area contributed by atoms with Crippen LogP contribution in [0.1, 0.15) is 194 Å². The molecule has 53 heavy (non-hydrogen) atoms. The molecule has 10 nitrogen and oxygen atoms in total. The van der Waals surface area contributed by atoms with Crippen molar-refractivity contribution in [2.75, 3.05) is 19.8 Å². The summed E-state index contributed by atoms with van der Waals surface area (Å²) in [6.45, 7) is 3.41. The van der Waals surface area contributed by atoms with Gasteiger partial charge in [0.05, 0.1) is 13.2 Å². The highest BCUT2D eigenvalue weighted by atomic mass is 16.7. The number of aliphatic hydroxyl groups is 4. The molecule has 0 aromatic heterocycles. The highest BCUT2D eigenvalue weighted by Gasteiger charge is 2.44. The van der Waals surface area contributed by atoms with Gasteiger partial charge in [0, 0.05) is 12.8 Å². The molecule has 1 fully saturated rings. The van der Waals surface area contributed by atoms with Crippen molar-refractivity contribution in [1.82, 2.24) is 0 Å². The Bertz CT molecular complexity index is 881. The molecular formula is C43H80O10. The second kappa shape index (κ2) is 34.9. The summed E-state index contributed by atoms with van der Waals surface area (Å²) in [6.07, 6.45) is 27.9. The van der Waals surface area contributed by atoms with E-state index in [4.69, 9.17) is 18.9 Å². The third-order valence-corrected chi connectivity index (χ3v) is 10.2. The van der Waals surface area contributed by atoms with E-state index < -0.39 is 49.4 Å². The number of hydrogen-bond donors (Lipinski definition) is 4. The number of carbonyl (C=O) groups excluding carboxylic acids is 2. The van der Waals surface area contributed by atoms with Crippen molar-refractivity contribution in [1.29, 1.82) is 0 Å². The lowest BCUT2D eigenvalue weighted by atomic mass is 9.99. The molecular weight excluding hydrogens is 676 g/mol. The zero-order valence-electron chi connectivity index (χ0n) is 33.8. The molecule has 1 heterocycles. The second-order valence-corrected chi connectivity index (χ2v) is 15.2. The van der Waals surface area contributed by atoms with Crippen molar-refractivity contribution in [3.05, 3.63) is 12.2 Å². The van der Waals surface area contributed by atoms with E-state index in [0.29, 0.717) is 6.42 Å². The highest BCUT2D eigenvalue weighted by Crippen LogP contribution is 2.23. The smallest absolute Gasteiger partial charge is 0.306 e. The van der Waals surface area contributed by atoms with E-state index in [1.165, 1.54) is 103 Å². The van der Waals surface area contributed by atoms with E-state index in [1.54, 1.807) is 0 Å². The van der Waals surface area contributed by atoms with Crippen LogP contribution in [0.4, 0.5) is 0 Å². The molecule has 0 spiro atoms. The number of carbonyl (C=O) groups is 2. The lowest BCUT2D eigenvalue weighted by Gasteiger charge is -2.39. The Labute approximate surface area is 322 Å². The summed E-state index contributed by atoms with van der Waals surface area (Å²) in [5, 5.41) is 40.0. The van der Waals surface area contributed by atoms with Crippen LogP contribution in [0.3, 0.4) is 0 Å². The minimum Gasteiger partial charge on any atom is -0.462 e. The first-order valence-corrected chi connectivity index (χ1v) is 21.8. The monoisotopic (exact) mass is 757 g/mol. The maximum absolute atomic E-state index is 12.7. The third-order valence-electron chi connectivity index (χ3n) is 10.2. The average molecular weight is 757 g/mol.